The Morgan fingerprint density at radius 2 is 2.19 bits per heavy atom. The first-order chi connectivity index (χ1) is 10.1. The number of hydrogen-bond donors (Lipinski definition) is 2. The van der Waals surface area contributed by atoms with Gasteiger partial charge in [-0.2, -0.15) is 0 Å². The lowest BCUT2D eigenvalue weighted by atomic mass is 10.1. The Kier molecular flexibility index (Phi) is 4.77. The summed E-state index contributed by atoms with van der Waals surface area (Å²) in [7, 11) is 1.34. The third kappa shape index (κ3) is 3.95. The molecule has 1 aromatic carbocycles. The molecule has 0 saturated carbocycles. The van der Waals surface area contributed by atoms with Crippen LogP contribution in [0.25, 0.3) is 0 Å². The first-order valence-electron chi connectivity index (χ1n) is 6.73. The molecular formula is C16H19N3O2. The molecule has 0 unspecified atom stereocenters. The number of pyridine rings is 1. The van der Waals surface area contributed by atoms with Gasteiger partial charge in [0.25, 0.3) is 0 Å². The minimum absolute atomic E-state index is 0.349. The summed E-state index contributed by atoms with van der Waals surface area (Å²) >= 11 is 0. The van der Waals surface area contributed by atoms with Crippen LogP contribution in [0.4, 0.5) is 11.5 Å². The zero-order valence-corrected chi connectivity index (χ0v) is 12.2. The Hall–Kier alpha value is -2.56. The molecule has 2 rings (SSSR count). The van der Waals surface area contributed by atoms with Crippen molar-refractivity contribution in [2.24, 2.45) is 0 Å². The van der Waals surface area contributed by atoms with E-state index in [9.17, 15) is 4.79 Å². The molecule has 1 heterocycles. The molecule has 0 amide bonds. The number of rotatable bonds is 5. The number of nitrogens with one attached hydrogen (secondary N) is 1. The number of aryl methyl sites for hydroxylation is 1. The Labute approximate surface area is 124 Å². The van der Waals surface area contributed by atoms with E-state index in [1.54, 1.807) is 6.07 Å². The number of nitrogen functional groups attached to an aromatic ring is 1. The average molecular weight is 285 g/mol. The number of hydrogen-bond acceptors (Lipinski definition) is 5. The number of benzene rings is 1. The third-order valence-electron chi connectivity index (χ3n) is 3.10. The molecule has 1 aromatic heterocycles. The summed E-state index contributed by atoms with van der Waals surface area (Å²) in [6.07, 6.45) is 2.36. The second kappa shape index (κ2) is 6.74. The summed E-state index contributed by atoms with van der Waals surface area (Å²) in [6.45, 7) is 2.73. The van der Waals surface area contributed by atoms with Crippen LogP contribution in [-0.2, 0) is 11.2 Å². The fraction of sp³-hybridized carbons (Fsp3) is 0.250. The molecule has 0 fully saturated rings. The highest BCUT2D eigenvalue weighted by molar-refractivity contribution is 5.95. The Balaban J connectivity index is 2.04. The molecule has 0 atom stereocenters. The van der Waals surface area contributed by atoms with Crippen molar-refractivity contribution in [2.45, 2.75) is 13.3 Å². The molecule has 0 bridgehead atoms. The first-order valence-corrected chi connectivity index (χ1v) is 6.73. The van der Waals surface area contributed by atoms with E-state index >= 15 is 0 Å². The average Bonchev–Trinajstić information content (AvgIpc) is 2.48. The van der Waals surface area contributed by atoms with Gasteiger partial charge < -0.3 is 15.8 Å². The molecule has 0 aliphatic heterocycles. The standard InChI is InChI=1S/C16H19N3O2/c1-11-4-3-5-12(8-11)6-7-18-15-14(16(20)21-2)9-13(17)10-19-15/h3-5,8-10H,6-7,17H2,1-2H3,(H,18,19). The van der Waals surface area contributed by atoms with Crippen LogP contribution in [0.1, 0.15) is 21.5 Å². The van der Waals surface area contributed by atoms with Crippen LogP contribution >= 0.6 is 0 Å². The smallest absolute Gasteiger partial charge is 0.341 e. The number of ether oxygens (including phenoxy) is 1. The van der Waals surface area contributed by atoms with E-state index in [0.29, 0.717) is 23.6 Å². The van der Waals surface area contributed by atoms with Gasteiger partial charge >= 0.3 is 5.97 Å². The molecule has 5 nitrogen and oxygen atoms in total. The first kappa shape index (κ1) is 14.8. The lowest BCUT2D eigenvalue weighted by Crippen LogP contribution is -2.13. The van der Waals surface area contributed by atoms with E-state index in [1.165, 1.54) is 24.4 Å². The SMILES string of the molecule is COC(=O)c1cc(N)cnc1NCCc1cccc(C)c1. The monoisotopic (exact) mass is 285 g/mol. The van der Waals surface area contributed by atoms with E-state index in [0.717, 1.165) is 6.42 Å². The summed E-state index contributed by atoms with van der Waals surface area (Å²) < 4.78 is 4.74. The molecule has 0 saturated heterocycles. The molecule has 0 spiro atoms. The van der Waals surface area contributed by atoms with E-state index < -0.39 is 5.97 Å². The quantitative estimate of drug-likeness (QED) is 0.825. The van der Waals surface area contributed by atoms with Crippen molar-refractivity contribution >= 4 is 17.5 Å². The van der Waals surface area contributed by atoms with Gasteiger partial charge in [-0.3, -0.25) is 0 Å². The van der Waals surface area contributed by atoms with E-state index in [4.69, 9.17) is 10.5 Å². The van der Waals surface area contributed by atoms with Gasteiger partial charge in [-0.15, -0.1) is 0 Å². The predicted molar refractivity (Wildman–Crippen MR) is 83.4 cm³/mol. The van der Waals surface area contributed by atoms with Crippen LogP contribution in [0, 0.1) is 6.92 Å². The minimum Gasteiger partial charge on any atom is -0.465 e. The maximum Gasteiger partial charge on any atom is 0.341 e. The van der Waals surface area contributed by atoms with Crippen LogP contribution in [0.5, 0.6) is 0 Å². The van der Waals surface area contributed by atoms with Crippen molar-refractivity contribution in [3.05, 3.63) is 53.2 Å². The van der Waals surface area contributed by atoms with Crippen LogP contribution in [0.15, 0.2) is 36.5 Å². The molecule has 21 heavy (non-hydrogen) atoms. The summed E-state index contributed by atoms with van der Waals surface area (Å²) in [5.74, 6) is 0.0385. The highest BCUT2D eigenvalue weighted by Gasteiger charge is 2.13. The van der Waals surface area contributed by atoms with Gasteiger partial charge in [-0.1, -0.05) is 29.8 Å². The number of esters is 1. The molecule has 0 aliphatic rings. The number of anilines is 2. The largest absolute Gasteiger partial charge is 0.465 e. The Morgan fingerprint density at radius 3 is 2.90 bits per heavy atom. The third-order valence-corrected chi connectivity index (χ3v) is 3.10. The Bertz CT molecular complexity index is 641. The number of nitrogens with two attached hydrogens (primary N) is 1. The summed E-state index contributed by atoms with van der Waals surface area (Å²) in [6, 6.07) is 9.87. The zero-order valence-electron chi connectivity index (χ0n) is 12.2. The van der Waals surface area contributed by atoms with Gasteiger partial charge in [-0.25, -0.2) is 9.78 Å². The second-order valence-electron chi connectivity index (χ2n) is 4.82. The zero-order chi connectivity index (χ0) is 15.2. The molecule has 0 radical (unpaired) electrons. The fourth-order valence-electron chi connectivity index (χ4n) is 2.08. The normalized spacial score (nSPS) is 10.2. The van der Waals surface area contributed by atoms with E-state index in [-0.39, 0.29) is 0 Å². The number of nitrogens with zero attached hydrogens (tertiary/aromatic N) is 1. The van der Waals surface area contributed by atoms with Crippen molar-refractivity contribution in [3.63, 3.8) is 0 Å². The van der Waals surface area contributed by atoms with Crippen molar-refractivity contribution in [1.82, 2.24) is 4.98 Å². The maximum absolute atomic E-state index is 11.7. The van der Waals surface area contributed by atoms with Crippen molar-refractivity contribution in [1.29, 1.82) is 0 Å². The van der Waals surface area contributed by atoms with Gasteiger partial charge in [0, 0.05) is 6.54 Å². The summed E-state index contributed by atoms with van der Waals surface area (Å²) in [5, 5.41) is 3.16. The van der Waals surface area contributed by atoms with Crippen LogP contribution < -0.4 is 11.1 Å². The molecule has 2 aromatic rings. The van der Waals surface area contributed by atoms with Crippen molar-refractivity contribution < 1.29 is 9.53 Å². The van der Waals surface area contributed by atoms with Gasteiger partial charge in [0.2, 0.25) is 0 Å². The van der Waals surface area contributed by atoms with Crippen LogP contribution in [0.3, 0.4) is 0 Å². The molecule has 5 heteroatoms. The van der Waals surface area contributed by atoms with Gasteiger partial charge in [0.1, 0.15) is 11.4 Å². The fourth-order valence-corrected chi connectivity index (χ4v) is 2.08. The van der Waals surface area contributed by atoms with Gasteiger partial charge in [-0.05, 0) is 25.0 Å². The van der Waals surface area contributed by atoms with Crippen LogP contribution in [-0.4, -0.2) is 24.6 Å². The summed E-state index contributed by atoms with van der Waals surface area (Å²) in [4.78, 5) is 15.9. The lowest BCUT2D eigenvalue weighted by molar-refractivity contribution is 0.0601. The topological polar surface area (TPSA) is 77.2 Å². The summed E-state index contributed by atoms with van der Waals surface area (Å²) in [5.41, 5.74) is 8.90. The second-order valence-corrected chi connectivity index (χ2v) is 4.82. The number of methoxy groups -OCH3 is 1. The molecule has 0 aliphatic carbocycles. The van der Waals surface area contributed by atoms with Gasteiger partial charge in [0.15, 0.2) is 0 Å². The highest BCUT2D eigenvalue weighted by Crippen LogP contribution is 2.16. The number of carbonyl (C=O) groups excluding carboxylic acids is 1. The minimum atomic E-state index is -0.451. The van der Waals surface area contributed by atoms with Crippen LogP contribution in [0.2, 0.25) is 0 Å². The van der Waals surface area contributed by atoms with E-state index in [2.05, 4.69) is 35.4 Å². The number of carbonyl (C=O) groups is 1. The highest BCUT2D eigenvalue weighted by atomic mass is 16.5. The molecule has 3 N–H and O–H groups in total. The van der Waals surface area contributed by atoms with E-state index in [1.807, 2.05) is 6.07 Å². The lowest BCUT2D eigenvalue weighted by Gasteiger charge is -2.10. The van der Waals surface area contributed by atoms with Crippen molar-refractivity contribution in [3.8, 4) is 0 Å². The molecular weight excluding hydrogens is 266 g/mol. The number of aromatic nitrogens is 1. The maximum atomic E-state index is 11.7. The predicted octanol–water partition coefficient (Wildman–Crippen LogP) is 2.41. The van der Waals surface area contributed by atoms with Crippen molar-refractivity contribution in [2.75, 3.05) is 24.7 Å². The molecule has 110 valence electrons. The Morgan fingerprint density at radius 1 is 1.38 bits per heavy atom. The van der Waals surface area contributed by atoms with Gasteiger partial charge in [0.05, 0.1) is 19.0 Å².